The Labute approximate surface area is 184 Å². The summed E-state index contributed by atoms with van der Waals surface area (Å²) in [5.41, 5.74) is 4.93. The molecule has 1 aromatic heterocycles. The van der Waals surface area contributed by atoms with Crippen LogP contribution in [-0.2, 0) is 16.1 Å². The molecule has 1 saturated heterocycles. The summed E-state index contributed by atoms with van der Waals surface area (Å²) in [7, 11) is 4.09. The Bertz CT molecular complexity index is 1020. The predicted octanol–water partition coefficient (Wildman–Crippen LogP) is 3.00. The minimum absolute atomic E-state index is 0.210. The third-order valence-electron chi connectivity index (χ3n) is 6.47. The van der Waals surface area contributed by atoms with E-state index in [9.17, 15) is 9.59 Å². The second kappa shape index (κ2) is 8.63. The van der Waals surface area contributed by atoms with Gasteiger partial charge in [-0.05, 0) is 75.6 Å². The van der Waals surface area contributed by atoms with Crippen LogP contribution >= 0.6 is 0 Å². The molecule has 0 spiro atoms. The first kappa shape index (κ1) is 21.2. The van der Waals surface area contributed by atoms with Crippen molar-refractivity contribution < 1.29 is 9.59 Å². The average molecular weight is 419 g/mol. The van der Waals surface area contributed by atoms with Crippen molar-refractivity contribution in [1.82, 2.24) is 19.7 Å². The average Bonchev–Trinajstić information content (AvgIpc) is 2.99. The van der Waals surface area contributed by atoms with Gasteiger partial charge in [0, 0.05) is 25.5 Å². The van der Waals surface area contributed by atoms with Gasteiger partial charge in [0.05, 0.1) is 12.1 Å². The molecule has 0 bridgehead atoms. The number of piperidine rings is 1. The predicted molar refractivity (Wildman–Crippen MR) is 121 cm³/mol. The summed E-state index contributed by atoms with van der Waals surface area (Å²) in [4.78, 5) is 37.0. The third-order valence-corrected chi connectivity index (χ3v) is 6.47. The monoisotopic (exact) mass is 418 g/mol. The van der Waals surface area contributed by atoms with Crippen molar-refractivity contribution in [2.75, 3.05) is 27.2 Å². The molecule has 3 heterocycles. The maximum atomic E-state index is 13.6. The van der Waals surface area contributed by atoms with Crippen molar-refractivity contribution in [2.45, 2.75) is 39.3 Å². The molecule has 1 fully saturated rings. The molecule has 6 heteroatoms. The number of likely N-dealkylation sites (tertiary alicyclic amines) is 1. The number of imide groups is 1. The van der Waals surface area contributed by atoms with E-state index in [0.717, 1.165) is 48.2 Å². The first-order chi connectivity index (χ1) is 14.9. The van der Waals surface area contributed by atoms with Crippen molar-refractivity contribution >= 4 is 17.4 Å². The number of likely N-dealkylation sites (N-methyl/N-ethyl adjacent to an activating group) is 1. The summed E-state index contributed by atoms with van der Waals surface area (Å²) in [5, 5.41) is 0. The van der Waals surface area contributed by atoms with Crippen LogP contribution in [0.3, 0.4) is 0 Å². The fourth-order valence-corrected chi connectivity index (χ4v) is 4.61. The quantitative estimate of drug-likeness (QED) is 0.699. The number of hydrogen-bond donors (Lipinski definition) is 0. The molecule has 2 aromatic rings. The molecule has 0 radical (unpaired) electrons. The number of rotatable bonds is 5. The Hall–Kier alpha value is -2.99. The highest BCUT2D eigenvalue weighted by atomic mass is 16.2. The first-order valence-electron chi connectivity index (χ1n) is 10.8. The largest absolute Gasteiger partial charge is 0.366 e. The lowest BCUT2D eigenvalue weighted by molar-refractivity contribution is -0.138. The van der Waals surface area contributed by atoms with Crippen molar-refractivity contribution in [1.29, 1.82) is 0 Å². The van der Waals surface area contributed by atoms with Crippen LogP contribution in [0.2, 0.25) is 0 Å². The van der Waals surface area contributed by atoms with Crippen molar-refractivity contribution in [3.63, 3.8) is 0 Å². The Morgan fingerprint density at radius 1 is 1.03 bits per heavy atom. The number of pyridine rings is 1. The van der Waals surface area contributed by atoms with Gasteiger partial charge in [0.25, 0.3) is 11.8 Å². The molecule has 2 aliphatic rings. The molecule has 31 heavy (non-hydrogen) atoms. The lowest BCUT2D eigenvalue weighted by atomic mass is 9.96. The van der Waals surface area contributed by atoms with Gasteiger partial charge in [0.1, 0.15) is 5.70 Å². The van der Waals surface area contributed by atoms with Gasteiger partial charge in [-0.15, -0.1) is 0 Å². The Kier molecular flexibility index (Phi) is 5.92. The van der Waals surface area contributed by atoms with Crippen molar-refractivity contribution in [3.8, 4) is 0 Å². The molecule has 0 atom stereocenters. The smallest absolute Gasteiger partial charge is 0.278 e. The lowest BCUT2D eigenvalue weighted by Gasteiger charge is -2.36. The van der Waals surface area contributed by atoms with E-state index in [-0.39, 0.29) is 24.4 Å². The van der Waals surface area contributed by atoms with Gasteiger partial charge >= 0.3 is 0 Å². The number of aryl methyl sites for hydroxylation is 2. The van der Waals surface area contributed by atoms with Crippen molar-refractivity contribution in [2.24, 2.45) is 0 Å². The van der Waals surface area contributed by atoms with E-state index in [1.54, 1.807) is 12.4 Å². The normalized spacial score (nSPS) is 18.3. The molecular formula is C25H30N4O2. The van der Waals surface area contributed by atoms with Crippen LogP contribution in [0, 0.1) is 13.8 Å². The molecular weight excluding hydrogens is 388 g/mol. The molecule has 0 unspecified atom stereocenters. The van der Waals surface area contributed by atoms with Gasteiger partial charge in [0.15, 0.2) is 0 Å². The highest BCUT2D eigenvalue weighted by Gasteiger charge is 2.42. The summed E-state index contributed by atoms with van der Waals surface area (Å²) in [6.07, 6.45) is 5.32. The molecule has 0 N–H and O–H groups in total. The number of carbonyl (C=O) groups excluding carboxylic acids is 2. The van der Waals surface area contributed by atoms with Gasteiger partial charge < -0.3 is 9.80 Å². The van der Waals surface area contributed by atoms with Crippen LogP contribution < -0.4 is 0 Å². The Morgan fingerprint density at radius 2 is 1.71 bits per heavy atom. The molecule has 4 rings (SSSR count). The standard InChI is InChI=1S/C25H30N4O2/c1-17-5-6-21(18(2)15-17)22-23(28(4)20-9-13-27(3)14-10-20)25(31)29(24(22)30)16-19-7-11-26-12-8-19/h5-8,11-12,15,20H,9-10,13-14,16H2,1-4H3. The number of hydrogen-bond acceptors (Lipinski definition) is 5. The number of amides is 2. The first-order valence-corrected chi connectivity index (χ1v) is 10.8. The van der Waals surface area contributed by atoms with Crippen LogP contribution in [0.25, 0.3) is 5.57 Å². The van der Waals surface area contributed by atoms with E-state index in [4.69, 9.17) is 0 Å². The summed E-state index contributed by atoms with van der Waals surface area (Å²) in [6, 6.07) is 9.98. The summed E-state index contributed by atoms with van der Waals surface area (Å²) in [6.45, 7) is 6.27. The molecule has 6 nitrogen and oxygen atoms in total. The Balaban J connectivity index is 1.75. The second-order valence-electron chi connectivity index (χ2n) is 8.74. The van der Waals surface area contributed by atoms with Gasteiger partial charge in [-0.3, -0.25) is 19.5 Å². The Morgan fingerprint density at radius 3 is 2.35 bits per heavy atom. The highest BCUT2D eigenvalue weighted by molar-refractivity contribution is 6.35. The minimum atomic E-state index is -0.219. The molecule has 1 aromatic carbocycles. The topological polar surface area (TPSA) is 56.8 Å². The maximum Gasteiger partial charge on any atom is 0.278 e. The van der Waals surface area contributed by atoms with Gasteiger partial charge in [-0.2, -0.15) is 0 Å². The van der Waals surface area contributed by atoms with E-state index in [2.05, 4.69) is 27.9 Å². The summed E-state index contributed by atoms with van der Waals surface area (Å²) >= 11 is 0. The fourth-order valence-electron chi connectivity index (χ4n) is 4.61. The van der Waals surface area contributed by atoms with E-state index in [1.165, 1.54) is 4.90 Å². The zero-order valence-electron chi connectivity index (χ0n) is 18.8. The highest BCUT2D eigenvalue weighted by Crippen LogP contribution is 2.35. The van der Waals surface area contributed by atoms with Crippen LogP contribution in [0.1, 0.15) is 35.1 Å². The zero-order chi connectivity index (χ0) is 22.1. The molecule has 0 aliphatic carbocycles. The van der Waals surface area contributed by atoms with E-state index < -0.39 is 0 Å². The van der Waals surface area contributed by atoms with Gasteiger partial charge in [0.2, 0.25) is 0 Å². The summed E-state index contributed by atoms with van der Waals surface area (Å²) in [5.74, 6) is -0.429. The van der Waals surface area contributed by atoms with E-state index in [0.29, 0.717) is 11.3 Å². The molecule has 2 amide bonds. The lowest BCUT2D eigenvalue weighted by Crippen LogP contribution is -2.43. The SMILES string of the molecule is Cc1ccc(C2=C(N(C)C3CCN(C)CC3)C(=O)N(Cc3ccncc3)C2=O)c(C)c1. The number of aromatic nitrogens is 1. The zero-order valence-corrected chi connectivity index (χ0v) is 18.8. The number of nitrogens with zero attached hydrogens (tertiary/aromatic N) is 4. The van der Waals surface area contributed by atoms with Crippen molar-refractivity contribution in [3.05, 3.63) is 70.7 Å². The minimum Gasteiger partial charge on any atom is -0.366 e. The van der Waals surface area contributed by atoms with Crippen LogP contribution in [0.4, 0.5) is 0 Å². The molecule has 0 saturated carbocycles. The second-order valence-corrected chi connectivity index (χ2v) is 8.74. The van der Waals surface area contributed by atoms with Crippen LogP contribution in [-0.4, -0.2) is 64.7 Å². The van der Waals surface area contributed by atoms with Gasteiger partial charge in [-0.25, -0.2) is 0 Å². The third kappa shape index (κ3) is 4.12. The molecule has 162 valence electrons. The number of benzene rings is 1. The summed E-state index contributed by atoms with van der Waals surface area (Å²) < 4.78 is 0. The van der Waals surface area contributed by atoms with Crippen LogP contribution in [0.15, 0.2) is 48.4 Å². The van der Waals surface area contributed by atoms with E-state index >= 15 is 0 Å². The fraction of sp³-hybridized carbons (Fsp3) is 0.400. The van der Waals surface area contributed by atoms with Gasteiger partial charge in [-0.1, -0.05) is 23.8 Å². The van der Waals surface area contributed by atoms with Crippen LogP contribution in [0.5, 0.6) is 0 Å². The molecule has 2 aliphatic heterocycles. The maximum absolute atomic E-state index is 13.6. The number of carbonyl (C=O) groups is 2. The van der Waals surface area contributed by atoms with E-state index in [1.807, 2.05) is 45.2 Å².